The molecular weight excluding hydrogens is 328 g/mol. The van der Waals surface area contributed by atoms with Crippen LogP contribution in [0.5, 0.6) is 5.75 Å². The Hall–Kier alpha value is -3.72. The Labute approximate surface area is 151 Å². The second kappa shape index (κ2) is 7.45. The summed E-state index contributed by atoms with van der Waals surface area (Å²) in [5, 5.41) is 7.28. The average Bonchev–Trinajstić information content (AvgIpc) is 3.01. The summed E-state index contributed by atoms with van der Waals surface area (Å²) >= 11 is 0. The van der Waals surface area contributed by atoms with Gasteiger partial charge in [-0.3, -0.25) is 9.48 Å². The van der Waals surface area contributed by atoms with E-state index in [2.05, 4.69) is 16.3 Å². The first-order valence-electron chi connectivity index (χ1n) is 7.94. The quantitative estimate of drug-likeness (QED) is 0.550. The highest BCUT2D eigenvalue weighted by Gasteiger charge is 2.12. The van der Waals surface area contributed by atoms with E-state index in [1.54, 1.807) is 36.0 Å². The predicted molar refractivity (Wildman–Crippen MR) is 102 cm³/mol. The Morgan fingerprint density at radius 2 is 2.04 bits per heavy atom. The van der Waals surface area contributed by atoms with Gasteiger partial charge < -0.3 is 15.8 Å². The number of carbonyl (C=O) groups is 1. The molecule has 0 aliphatic carbocycles. The molecule has 0 spiro atoms. The summed E-state index contributed by atoms with van der Waals surface area (Å²) in [5.41, 5.74) is 8.52. The summed E-state index contributed by atoms with van der Waals surface area (Å²) in [6.07, 6.45) is 5.18. The number of terminal acetylenes is 1. The van der Waals surface area contributed by atoms with Gasteiger partial charge in [0, 0.05) is 29.9 Å². The molecule has 0 saturated carbocycles. The summed E-state index contributed by atoms with van der Waals surface area (Å²) in [7, 11) is 1.77. The van der Waals surface area contributed by atoms with E-state index in [1.165, 1.54) is 0 Å². The van der Waals surface area contributed by atoms with Crippen molar-refractivity contribution in [3.63, 3.8) is 0 Å². The standard InChI is InChI=1S/C20H18N4O2/c1-3-11-26-17-6-4-5-15(12-17)20(25)22-19-13-18(23-24(19)2)14-7-9-16(21)10-8-14/h1,4-10,12-13H,11,21H2,2H3,(H,22,25). The third-order valence-electron chi connectivity index (χ3n) is 3.75. The second-order valence-corrected chi connectivity index (χ2v) is 5.64. The fourth-order valence-electron chi connectivity index (χ4n) is 2.42. The number of ether oxygens (including phenoxy) is 1. The highest BCUT2D eigenvalue weighted by Crippen LogP contribution is 2.23. The van der Waals surface area contributed by atoms with Gasteiger partial charge in [-0.1, -0.05) is 24.1 Å². The Morgan fingerprint density at radius 1 is 1.27 bits per heavy atom. The molecule has 130 valence electrons. The Morgan fingerprint density at radius 3 is 2.77 bits per heavy atom. The van der Waals surface area contributed by atoms with Crippen molar-refractivity contribution in [3.05, 3.63) is 60.2 Å². The molecule has 0 aliphatic heterocycles. The van der Waals surface area contributed by atoms with Crippen LogP contribution < -0.4 is 15.8 Å². The summed E-state index contributed by atoms with van der Waals surface area (Å²) in [4.78, 5) is 12.5. The third kappa shape index (κ3) is 3.84. The van der Waals surface area contributed by atoms with E-state index in [9.17, 15) is 4.79 Å². The van der Waals surface area contributed by atoms with E-state index in [4.69, 9.17) is 16.9 Å². The van der Waals surface area contributed by atoms with Crippen molar-refractivity contribution in [1.82, 2.24) is 9.78 Å². The molecule has 1 heterocycles. The Bertz CT molecular complexity index is 968. The Kier molecular flexibility index (Phi) is 4.90. The lowest BCUT2D eigenvalue weighted by molar-refractivity contribution is 0.102. The van der Waals surface area contributed by atoms with Crippen molar-refractivity contribution in [2.45, 2.75) is 0 Å². The van der Waals surface area contributed by atoms with Crippen LogP contribution in [0.3, 0.4) is 0 Å². The number of nitrogens with two attached hydrogens (primary N) is 1. The smallest absolute Gasteiger partial charge is 0.256 e. The largest absolute Gasteiger partial charge is 0.481 e. The number of anilines is 2. The number of benzene rings is 2. The van der Waals surface area contributed by atoms with Gasteiger partial charge in [0.1, 0.15) is 18.2 Å². The van der Waals surface area contributed by atoms with Crippen LogP contribution in [0.25, 0.3) is 11.3 Å². The van der Waals surface area contributed by atoms with Crippen LogP contribution in [0.2, 0.25) is 0 Å². The highest BCUT2D eigenvalue weighted by atomic mass is 16.5. The molecule has 6 heteroatoms. The molecule has 0 unspecified atom stereocenters. The first kappa shape index (κ1) is 17.1. The maximum Gasteiger partial charge on any atom is 0.256 e. The van der Waals surface area contributed by atoms with Crippen LogP contribution in [-0.2, 0) is 7.05 Å². The van der Waals surface area contributed by atoms with Gasteiger partial charge in [0.05, 0.1) is 5.69 Å². The van der Waals surface area contributed by atoms with Gasteiger partial charge in [-0.25, -0.2) is 0 Å². The van der Waals surface area contributed by atoms with Gasteiger partial charge in [-0.15, -0.1) is 6.42 Å². The number of aryl methyl sites for hydroxylation is 1. The third-order valence-corrected chi connectivity index (χ3v) is 3.75. The molecule has 0 fully saturated rings. The maximum atomic E-state index is 12.5. The molecular formula is C20H18N4O2. The van der Waals surface area contributed by atoms with Crippen molar-refractivity contribution in [2.24, 2.45) is 7.05 Å². The maximum absolute atomic E-state index is 12.5. The zero-order valence-electron chi connectivity index (χ0n) is 14.3. The van der Waals surface area contributed by atoms with Crippen molar-refractivity contribution >= 4 is 17.4 Å². The van der Waals surface area contributed by atoms with Gasteiger partial charge in [0.2, 0.25) is 0 Å². The second-order valence-electron chi connectivity index (χ2n) is 5.64. The SMILES string of the molecule is C#CCOc1cccc(C(=O)Nc2cc(-c3ccc(N)cc3)nn2C)c1. The number of nitrogens with zero attached hydrogens (tertiary/aromatic N) is 2. The number of amides is 1. The van der Waals surface area contributed by atoms with Crippen molar-refractivity contribution in [2.75, 3.05) is 17.7 Å². The summed E-state index contributed by atoms with van der Waals surface area (Å²) in [6, 6.07) is 16.0. The van der Waals surface area contributed by atoms with Gasteiger partial charge in [0.15, 0.2) is 0 Å². The minimum Gasteiger partial charge on any atom is -0.481 e. The molecule has 0 saturated heterocycles. The van der Waals surface area contributed by atoms with E-state index in [-0.39, 0.29) is 12.5 Å². The zero-order valence-corrected chi connectivity index (χ0v) is 14.3. The van der Waals surface area contributed by atoms with Crippen LogP contribution in [0.1, 0.15) is 10.4 Å². The minimum absolute atomic E-state index is 0.151. The van der Waals surface area contributed by atoms with E-state index in [0.717, 1.165) is 11.3 Å². The molecule has 0 radical (unpaired) electrons. The van der Waals surface area contributed by atoms with Crippen LogP contribution in [0.15, 0.2) is 54.6 Å². The Balaban J connectivity index is 1.78. The van der Waals surface area contributed by atoms with Crippen molar-refractivity contribution < 1.29 is 9.53 Å². The normalized spacial score (nSPS) is 10.2. The lowest BCUT2D eigenvalue weighted by Crippen LogP contribution is -2.14. The average molecular weight is 346 g/mol. The molecule has 2 aromatic carbocycles. The molecule has 6 nitrogen and oxygen atoms in total. The molecule has 1 amide bonds. The molecule has 0 bridgehead atoms. The molecule has 3 aromatic rings. The number of nitrogen functional groups attached to an aromatic ring is 1. The van der Waals surface area contributed by atoms with Crippen LogP contribution >= 0.6 is 0 Å². The minimum atomic E-state index is -0.261. The van der Waals surface area contributed by atoms with Gasteiger partial charge >= 0.3 is 0 Å². The van der Waals surface area contributed by atoms with Crippen LogP contribution in [0, 0.1) is 12.3 Å². The summed E-state index contributed by atoms with van der Waals surface area (Å²) in [5.74, 6) is 3.26. The van der Waals surface area contributed by atoms with E-state index < -0.39 is 0 Å². The van der Waals surface area contributed by atoms with E-state index >= 15 is 0 Å². The zero-order chi connectivity index (χ0) is 18.5. The number of carbonyl (C=O) groups excluding carboxylic acids is 1. The van der Waals surface area contributed by atoms with Gasteiger partial charge in [-0.05, 0) is 30.3 Å². The first-order valence-corrected chi connectivity index (χ1v) is 7.94. The topological polar surface area (TPSA) is 82.2 Å². The predicted octanol–water partition coefficient (Wildman–Crippen LogP) is 2.93. The number of rotatable bonds is 5. The van der Waals surface area contributed by atoms with Gasteiger partial charge in [0.25, 0.3) is 5.91 Å². The molecule has 3 N–H and O–H groups in total. The molecule has 0 aliphatic rings. The first-order chi connectivity index (χ1) is 12.6. The monoisotopic (exact) mass is 346 g/mol. The molecule has 1 aromatic heterocycles. The number of aromatic nitrogens is 2. The van der Waals surface area contributed by atoms with Crippen molar-refractivity contribution in [3.8, 4) is 29.4 Å². The highest BCUT2D eigenvalue weighted by molar-refractivity contribution is 6.04. The molecule has 0 atom stereocenters. The van der Waals surface area contributed by atoms with E-state index in [1.807, 2.05) is 30.3 Å². The van der Waals surface area contributed by atoms with Gasteiger partial charge in [-0.2, -0.15) is 5.10 Å². The van der Waals surface area contributed by atoms with Crippen LogP contribution in [-0.4, -0.2) is 22.3 Å². The molecule has 3 rings (SSSR count). The number of nitrogens with one attached hydrogen (secondary N) is 1. The lowest BCUT2D eigenvalue weighted by atomic mass is 10.1. The lowest BCUT2D eigenvalue weighted by Gasteiger charge is -2.07. The van der Waals surface area contributed by atoms with E-state index in [0.29, 0.717) is 22.8 Å². The number of hydrogen-bond acceptors (Lipinski definition) is 4. The summed E-state index contributed by atoms with van der Waals surface area (Å²) in [6.45, 7) is 0.151. The summed E-state index contributed by atoms with van der Waals surface area (Å²) < 4.78 is 6.96. The number of hydrogen-bond donors (Lipinski definition) is 2. The molecule has 26 heavy (non-hydrogen) atoms. The fourth-order valence-corrected chi connectivity index (χ4v) is 2.42. The fraction of sp³-hybridized carbons (Fsp3) is 0.100. The van der Waals surface area contributed by atoms with Crippen molar-refractivity contribution in [1.29, 1.82) is 0 Å². The van der Waals surface area contributed by atoms with Crippen LogP contribution in [0.4, 0.5) is 11.5 Å².